The molecule has 0 radical (unpaired) electrons. The summed E-state index contributed by atoms with van der Waals surface area (Å²) in [7, 11) is 0. The third-order valence-electron chi connectivity index (χ3n) is 4.70. The molecule has 0 saturated carbocycles. The monoisotopic (exact) mass is 411 g/mol. The molecule has 0 aromatic heterocycles. The van der Waals surface area contributed by atoms with Crippen LogP contribution in [0.5, 0.6) is 0 Å². The Hall–Kier alpha value is -3.21. The molecule has 2 unspecified atom stereocenters. The number of anilines is 1. The second-order valence-corrected chi connectivity index (χ2v) is 6.53. The molecule has 2 aromatic carbocycles. The Morgan fingerprint density at radius 2 is 1.66 bits per heavy atom. The molecule has 154 valence electrons. The summed E-state index contributed by atoms with van der Waals surface area (Å²) in [6, 6.07) is 9.79. The fraction of sp³-hybridized carbons (Fsp3) is 0.333. The van der Waals surface area contributed by atoms with Crippen molar-refractivity contribution in [1.82, 2.24) is 0 Å². The zero-order valence-corrected chi connectivity index (χ0v) is 14.9. The molecule has 2 atom stereocenters. The molecule has 0 spiro atoms. The molecule has 29 heavy (non-hydrogen) atoms. The highest BCUT2D eigenvalue weighted by molar-refractivity contribution is 5.75. The quantitative estimate of drug-likeness (QED) is 0.545. The lowest BCUT2D eigenvalue weighted by Gasteiger charge is -2.20. The van der Waals surface area contributed by atoms with E-state index in [0.717, 1.165) is 5.56 Å². The van der Waals surface area contributed by atoms with Crippen LogP contribution in [-0.4, -0.2) is 23.0 Å². The lowest BCUT2D eigenvalue weighted by Crippen LogP contribution is -2.19. The molecule has 3 rings (SSSR count). The van der Waals surface area contributed by atoms with Crippen molar-refractivity contribution in [3.63, 3.8) is 0 Å². The Bertz CT molecular complexity index is 886. The maximum atomic E-state index is 13.0. The number of nitro groups is 2. The molecule has 0 amide bonds. The molecular weight excluding hydrogens is 395 g/mol. The van der Waals surface area contributed by atoms with Gasteiger partial charge >= 0.3 is 6.18 Å². The maximum Gasteiger partial charge on any atom is 0.416 e. The number of halogens is 3. The third kappa shape index (κ3) is 4.45. The average molecular weight is 411 g/mol. The summed E-state index contributed by atoms with van der Waals surface area (Å²) in [5, 5.41) is 25.3. The van der Waals surface area contributed by atoms with Crippen molar-refractivity contribution in [1.29, 1.82) is 0 Å². The van der Waals surface area contributed by atoms with Crippen LogP contribution in [0.15, 0.2) is 42.5 Å². The molecule has 0 aliphatic carbocycles. The number of rotatable bonds is 6. The van der Waals surface area contributed by atoms with Crippen LogP contribution in [0.3, 0.4) is 0 Å². The standard InChI is InChI=1S/C18H16F3N3O5/c19-18(20,21)13-8-14(23(25)26)16(15(9-13)24(27)28)22-10-12-6-7-29-17(12)11-4-2-1-3-5-11/h1-5,8-9,12,17,22H,6-7,10H2. The number of hydrogen-bond donors (Lipinski definition) is 1. The minimum atomic E-state index is -4.95. The molecule has 0 bridgehead atoms. The number of nitrogens with one attached hydrogen (secondary N) is 1. The van der Waals surface area contributed by atoms with Crippen molar-refractivity contribution >= 4 is 17.1 Å². The summed E-state index contributed by atoms with van der Waals surface area (Å²) < 4.78 is 44.7. The first-order chi connectivity index (χ1) is 13.7. The zero-order chi connectivity index (χ0) is 21.2. The van der Waals surface area contributed by atoms with Gasteiger partial charge in [0.15, 0.2) is 5.69 Å². The van der Waals surface area contributed by atoms with Gasteiger partial charge in [0.25, 0.3) is 11.4 Å². The molecule has 1 aliphatic rings. The number of alkyl halides is 3. The van der Waals surface area contributed by atoms with E-state index in [0.29, 0.717) is 25.2 Å². The number of hydrogen-bond acceptors (Lipinski definition) is 6. The first kappa shape index (κ1) is 20.5. The molecular formula is C18H16F3N3O5. The van der Waals surface area contributed by atoms with Gasteiger partial charge in [-0.25, -0.2) is 0 Å². The Morgan fingerprint density at radius 1 is 1.07 bits per heavy atom. The van der Waals surface area contributed by atoms with E-state index >= 15 is 0 Å². The Morgan fingerprint density at radius 3 is 2.17 bits per heavy atom. The van der Waals surface area contributed by atoms with Crippen LogP contribution in [0, 0.1) is 26.1 Å². The predicted octanol–water partition coefficient (Wildman–Crippen LogP) is 4.71. The minimum Gasteiger partial charge on any atom is -0.373 e. The van der Waals surface area contributed by atoms with Crippen LogP contribution in [0.4, 0.5) is 30.2 Å². The number of nitrogens with zero attached hydrogens (tertiary/aromatic N) is 2. The molecule has 1 saturated heterocycles. The first-order valence-corrected chi connectivity index (χ1v) is 8.63. The highest BCUT2D eigenvalue weighted by Gasteiger charge is 2.38. The van der Waals surface area contributed by atoms with E-state index in [2.05, 4.69) is 5.32 Å². The molecule has 1 N–H and O–H groups in total. The van der Waals surface area contributed by atoms with E-state index in [4.69, 9.17) is 4.74 Å². The van der Waals surface area contributed by atoms with Gasteiger partial charge in [0.05, 0.1) is 21.5 Å². The summed E-state index contributed by atoms with van der Waals surface area (Å²) in [5.41, 5.74) is -3.11. The molecule has 2 aromatic rings. The smallest absolute Gasteiger partial charge is 0.373 e. The van der Waals surface area contributed by atoms with Crippen molar-refractivity contribution in [2.24, 2.45) is 5.92 Å². The van der Waals surface area contributed by atoms with Crippen LogP contribution in [0.2, 0.25) is 0 Å². The second-order valence-electron chi connectivity index (χ2n) is 6.53. The number of ether oxygens (including phenoxy) is 1. The summed E-state index contributed by atoms with van der Waals surface area (Å²) in [6.45, 7) is 0.496. The van der Waals surface area contributed by atoms with Crippen LogP contribution < -0.4 is 5.32 Å². The van der Waals surface area contributed by atoms with Crippen LogP contribution in [0.25, 0.3) is 0 Å². The summed E-state index contributed by atoms with van der Waals surface area (Å²) in [6.07, 6.45) is -4.68. The Balaban J connectivity index is 1.92. The molecule has 1 fully saturated rings. The molecule has 11 heteroatoms. The fourth-order valence-corrected chi connectivity index (χ4v) is 3.33. The van der Waals surface area contributed by atoms with Crippen molar-refractivity contribution in [2.75, 3.05) is 18.5 Å². The minimum absolute atomic E-state index is 0.0621. The van der Waals surface area contributed by atoms with Crippen LogP contribution in [0.1, 0.15) is 23.7 Å². The van der Waals surface area contributed by atoms with Crippen molar-refractivity contribution < 1.29 is 27.8 Å². The Labute approximate surface area is 162 Å². The number of nitro benzene ring substituents is 2. The maximum absolute atomic E-state index is 13.0. The molecule has 1 heterocycles. The summed E-state index contributed by atoms with van der Waals surface area (Å²) >= 11 is 0. The highest BCUT2D eigenvalue weighted by Crippen LogP contribution is 2.42. The van der Waals surface area contributed by atoms with Crippen LogP contribution >= 0.6 is 0 Å². The van der Waals surface area contributed by atoms with E-state index in [1.807, 2.05) is 30.3 Å². The lowest BCUT2D eigenvalue weighted by atomic mass is 9.95. The van der Waals surface area contributed by atoms with Gasteiger partial charge in [-0.05, 0) is 12.0 Å². The van der Waals surface area contributed by atoms with Gasteiger partial charge in [0.2, 0.25) is 0 Å². The normalized spacial score (nSPS) is 19.1. The van der Waals surface area contributed by atoms with Crippen molar-refractivity contribution in [3.8, 4) is 0 Å². The van der Waals surface area contributed by atoms with Gasteiger partial charge in [-0.1, -0.05) is 30.3 Å². The summed E-state index contributed by atoms with van der Waals surface area (Å²) in [5.74, 6) is -0.168. The van der Waals surface area contributed by atoms with Gasteiger partial charge < -0.3 is 10.1 Å². The summed E-state index contributed by atoms with van der Waals surface area (Å²) in [4.78, 5) is 20.5. The van der Waals surface area contributed by atoms with E-state index in [-0.39, 0.29) is 18.6 Å². The van der Waals surface area contributed by atoms with E-state index in [1.165, 1.54) is 0 Å². The van der Waals surface area contributed by atoms with Gasteiger partial charge in [-0.3, -0.25) is 20.2 Å². The predicted molar refractivity (Wildman–Crippen MR) is 96.5 cm³/mol. The van der Waals surface area contributed by atoms with Gasteiger partial charge in [0, 0.05) is 31.2 Å². The lowest BCUT2D eigenvalue weighted by molar-refractivity contribution is -0.392. The average Bonchev–Trinajstić information content (AvgIpc) is 3.14. The van der Waals surface area contributed by atoms with Crippen molar-refractivity contribution in [3.05, 3.63) is 73.8 Å². The van der Waals surface area contributed by atoms with Gasteiger partial charge in [-0.2, -0.15) is 13.2 Å². The first-order valence-electron chi connectivity index (χ1n) is 8.63. The second kappa shape index (κ2) is 8.03. The van der Waals surface area contributed by atoms with E-state index in [9.17, 15) is 33.4 Å². The van der Waals surface area contributed by atoms with Crippen molar-refractivity contribution in [2.45, 2.75) is 18.7 Å². The van der Waals surface area contributed by atoms with E-state index < -0.39 is 38.6 Å². The van der Waals surface area contributed by atoms with Gasteiger partial charge in [0.1, 0.15) is 0 Å². The largest absolute Gasteiger partial charge is 0.416 e. The third-order valence-corrected chi connectivity index (χ3v) is 4.70. The molecule has 1 aliphatic heterocycles. The number of benzene rings is 2. The highest BCUT2D eigenvalue weighted by atomic mass is 19.4. The SMILES string of the molecule is O=[N+]([O-])c1cc(C(F)(F)F)cc([N+](=O)[O-])c1NCC1CCOC1c1ccccc1. The molecule has 8 nitrogen and oxygen atoms in total. The zero-order valence-electron chi connectivity index (χ0n) is 14.9. The van der Waals surface area contributed by atoms with Crippen LogP contribution in [-0.2, 0) is 10.9 Å². The van der Waals surface area contributed by atoms with Gasteiger partial charge in [-0.15, -0.1) is 0 Å². The van der Waals surface area contributed by atoms with E-state index in [1.54, 1.807) is 0 Å². The Kier molecular flexibility index (Phi) is 5.69. The fourth-order valence-electron chi connectivity index (χ4n) is 3.33. The topological polar surface area (TPSA) is 108 Å².